The molecule has 0 spiro atoms. The fraction of sp³-hybridized carbons (Fsp3) is 0.529. The lowest BCUT2D eigenvalue weighted by Gasteiger charge is -2.39. The van der Waals surface area contributed by atoms with Gasteiger partial charge in [0.2, 0.25) is 11.6 Å². The van der Waals surface area contributed by atoms with Crippen molar-refractivity contribution in [2.45, 2.75) is 38.0 Å². The summed E-state index contributed by atoms with van der Waals surface area (Å²) in [6, 6.07) is 16.6. The van der Waals surface area contributed by atoms with Gasteiger partial charge in [-0.3, -0.25) is 0 Å². The van der Waals surface area contributed by atoms with E-state index >= 15 is 0 Å². The number of aromatic nitrogens is 8. The fourth-order valence-corrected chi connectivity index (χ4v) is 6.16. The predicted octanol–water partition coefficient (Wildman–Crippen LogP) is -1.28. The third-order valence-electron chi connectivity index (χ3n) is 9.13. The lowest BCUT2D eigenvalue weighted by atomic mass is 9.96. The number of aryl methyl sites for hydroxylation is 2. The molecule has 2 bridgehead atoms. The van der Waals surface area contributed by atoms with Gasteiger partial charge >= 0.3 is 0 Å². The van der Waals surface area contributed by atoms with Crippen molar-refractivity contribution in [3.63, 3.8) is 0 Å². The standard InChI is InChI=1S/C34H50N16/c1-25-43-47-31(48-44-25)29-7-3-27(4-8-29)17-41-33-19-35-11-14-38-22-34(23-39-15-12-36-20-33,24-40-16-13-37-21-33)42-18-28-5-9-30(10-6-28)32-49-45-26(2)46-50-32/h3-10,35-42H,11-24H2,1-2H3. The van der Waals surface area contributed by atoms with Gasteiger partial charge in [-0.1, -0.05) is 48.5 Å². The first-order chi connectivity index (χ1) is 24.5. The lowest BCUT2D eigenvalue weighted by molar-refractivity contribution is 0.253. The van der Waals surface area contributed by atoms with E-state index in [-0.39, 0.29) is 11.1 Å². The molecule has 0 unspecified atom stereocenters. The molecular formula is C34H50N16. The maximum absolute atomic E-state index is 4.17. The van der Waals surface area contributed by atoms with Crippen molar-refractivity contribution in [2.75, 3.05) is 78.5 Å². The van der Waals surface area contributed by atoms with Crippen LogP contribution in [0.3, 0.4) is 0 Å². The minimum absolute atomic E-state index is 0.194. The SMILES string of the molecule is Cc1nnc(-c2ccc(CNC34CNCCNCC(NCc5ccc(-c6nnc(C)nn6)cc5)(CNCCNC3)CNCCNC4)cc2)nn1. The molecule has 0 amide bonds. The molecule has 50 heavy (non-hydrogen) atoms. The lowest BCUT2D eigenvalue weighted by Crippen LogP contribution is -2.66. The number of rotatable bonds is 8. The Morgan fingerprint density at radius 2 is 0.720 bits per heavy atom. The van der Waals surface area contributed by atoms with Gasteiger partial charge in [0.1, 0.15) is 0 Å². The first-order valence-corrected chi connectivity index (χ1v) is 17.5. The van der Waals surface area contributed by atoms with E-state index in [4.69, 9.17) is 0 Å². The highest BCUT2D eigenvalue weighted by Gasteiger charge is 2.31. The second kappa shape index (κ2) is 17.8. The number of hydrogen-bond acceptors (Lipinski definition) is 16. The Hall–Kier alpha value is -4.00. The molecule has 3 fully saturated rings. The van der Waals surface area contributed by atoms with Gasteiger partial charge in [-0.2, -0.15) is 0 Å². The van der Waals surface area contributed by atoms with Crippen LogP contribution in [0.5, 0.6) is 0 Å². The number of nitrogens with zero attached hydrogens (tertiary/aromatic N) is 8. The Labute approximate surface area is 293 Å². The average molecular weight is 683 g/mol. The smallest absolute Gasteiger partial charge is 0.203 e. The van der Waals surface area contributed by atoms with Crippen LogP contribution in [0.2, 0.25) is 0 Å². The van der Waals surface area contributed by atoms with Crippen molar-refractivity contribution >= 4 is 0 Å². The molecular weight excluding hydrogens is 632 g/mol. The van der Waals surface area contributed by atoms with Gasteiger partial charge < -0.3 is 42.5 Å². The number of fused-ring (bicyclic) bond motifs is 15. The highest BCUT2D eigenvalue weighted by atomic mass is 15.3. The quantitative estimate of drug-likeness (QED) is 0.109. The van der Waals surface area contributed by atoms with E-state index in [9.17, 15) is 0 Å². The van der Waals surface area contributed by atoms with E-state index in [0.29, 0.717) is 23.3 Å². The van der Waals surface area contributed by atoms with Crippen LogP contribution in [0.15, 0.2) is 48.5 Å². The molecule has 3 aliphatic heterocycles. The molecule has 3 aliphatic rings. The molecule has 16 heteroatoms. The molecule has 0 radical (unpaired) electrons. The largest absolute Gasteiger partial charge is 0.314 e. The Balaban J connectivity index is 1.07. The van der Waals surface area contributed by atoms with E-state index in [1.807, 2.05) is 24.3 Å². The molecule has 266 valence electrons. The normalized spacial score (nSPS) is 22.8. The second-order valence-electron chi connectivity index (χ2n) is 13.3. The van der Waals surface area contributed by atoms with Crippen molar-refractivity contribution in [3.8, 4) is 22.8 Å². The third kappa shape index (κ3) is 10.3. The fourth-order valence-electron chi connectivity index (χ4n) is 6.16. The van der Waals surface area contributed by atoms with Crippen molar-refractivity contribution in [3.05, 3.63) is 71.3 Å². The maximum Gasteiger partial charge on any atom is 0.203 e. The summed E-state index contributed by atoms with van der Waals surface area (Å²) >= 11 is 0. The molecule has 7 rings (SSSR count). The van der Waals surface area contributed by atoms with Crippen molar-refractivity contribution in [2.24, 2.45) is 0 Å². The summed E-state index contributed by atoms with van der Waals surface area (Å²) in [7, 11) is 0. The van der Waals surface area contributed by atoms with Crippen LogP contribution in [0.4, 0.5) is 0 Å². The Bertz CT molecular complexity index is 1420. The van der Waals surface area contributed by atoms with Gasteiger partial charge in [-0.25, -0.2) is 0 Å². The Morgan fingerprint density at radius 3 is 1.00 bits per heavy atom. The molecule has 4 aromatic rings. The number of hydrogen-bond donors (Lipinski definition) is 8. The summed E-state index contributed by atoms with van der Waals surface area (Å²) < 4.78 is 0. The molecule has 16 nitrogen and oxygen atoms in total. The van der Waals surface area contributed by atoms with E-state index in [1.165, 1.54) is 11.1 Å². The zero-order valence-corrected chi connectivity index (χ0v) is 29.1. The van der Waals surface area contributed by atoms with Gasteiger partial charge in [0.25, 0.3) is 0 Å². The van der Waals surface area contributed by atoms with E-state index in [1.54, 1.807) is 13.8 Å². The molecule has 0 saturated carbocycles. The van der Waals surface area contributed by atoms with Crippen LogP contribution < -0.4 is 42.5 Å². The van der Waals surface area contributed by atoms with Crippen LogP contribution in [-0.2, 0) is 13.1 Å². The maximum atomic E-state index is 4.17. The van der Waals surface area contributed by atoms with Gasteiger partial charge in [-0.15, -0.1) is 40.8 Å². The summed E-state index contributed by atoms with van der Waals surface area (Å²) in [4.78, 5) is 0. The minimum atomic E-state index is -0.194. The van der Waals surface area contributed by atoms with Gasteiger partial charge in [0.15, 0.2) is 11.6 Å². The zero-order valence-electron chi connectivity index (χ0n) is 29.1. The third-order valence-corrected chi connectivity index (χ3v) is 9.13. The molecule has 2 aromatic carbocycles. The van der Waals surface area contributed by atoms with E-state index in [2.05, 4.69) is 108 Å². The number of benzene rings is 2. The van der Waals surface area contributed by atoms with Crippen LogP contribution >= 0.6 is 0 Å². The van der Waals surface area contributed by atoms with E-state index < -0.39 is 0 Å². The summed E-state index contributed by atoms with van der Waals surface area (Å²) in [6.45, 7) is 15.1. The van der Waals surface area contributed by atoms with Gasteiger partial charge in [0, 0.05) is 103 Å². The van der Waals surface area contributed by atoms with Crippen LogP contribution in [0.25, 0.3) is 22.8 Å². The van der Waals surface area contributed by atoms with Gasteiger partial charge in [0.05, 0.1) is 11.1 Å². The first-order valence-electron chi connectivity index (χ1n) is 17.5. The second-order valence-corrected chi connectivity index (χ2v) is 13.3. The Morgan fingerprint density at radius 1 is 0.440 bits per heavy atom. The topological polar surface area (TPSA) is 199 Å². The summed E-state index contributed by atoms with van der Waals surface area (Å²) in [6.07, 6.45) is 0. The predicted molar refractivity (Wildman–Crippen MR) is 192 cm³/mol. The highest BCUT2D eigenvalue weighted by molar-refractivity contribution is 5.54. The number of nitrogens with one attached hydrogen (secondary N) is 8. The summed E-state index contributed by atoms with van der Waals surface area (Å²) in [5.74, 6) is 2.18. The molecule has 3 saturated heterocycles. The molecule has 0 aliphatic carbocycles. The average Bonchev–Trinajstić information content (AvgIpc) is 3.15. The molecule has 5 heterocycles. The molecule has 8 N–H and O–H groups in total. The first kappa shape index (κ1) is 35.8. The highest BCUT2D eigenvalue weighted by Crippen LogP contribution is 2.16. The molecule has 2 aromatic heterocycles. The van der Waals surface area contributed by atoms with Crippen molar-refractivity contribution in [1.29, 1.82) is 0 Å². The van der Waals surface area contributed by atoms with Gasteiger partial charge in [-0.05, 0) is 25.0 Å². The summed E-state index contributed by atoms with van der Waals surface area (Å²) in [5.41, 5.74) is 3.79. The minimum Gasteiger partial charge on any atom is -0.314 e. The van der Waals surface area contributed by atoms with Crippen molar-refractivity contribution in [1.82, 2.24) is 83.3 Å². The Kier molecular flexibility index (Phi) is 12.7. The molecule has 0 atom stereocenters. The summed E-state index contributed by atoms with van der Waals surface area (Å²) in [5, 5.41) is 63.1. The van der Waals surface area contributed by atoms with Crippen LogP contribution in [0, 0.1) is 13.8 Å². The zero-order chi connectivity index (χ0) is 34.5. The van der Waals surface area contributed by atoms with Crippen LogP contribution in [-0.4, -0.2) is 130 Å². The van der Waals surface area contributed by atoms with Crippen LogP contribution in [0.1, 0.15) is 22.8 Å². The van der Waals surface area contributed by atoms with Crippen molar-refractivity contribution < 1.29 is 0 Å². The monoisotopic (exact) mass is 682 g/mol. The van der Waals surface area contributed by atoms with E-state index in [0.717, 1.165) is 103 Å².